The molecule has 4 heteroatoms. The van der Waals surface area contributed by atoms with Crippen molar-refractivity contribution in [2.45, 2.75) is 24.5 Å². The second kappa shape index (κ2) is 3.13. The van der Waals surface area contributed by atoms with Crippen LogP contribution in [0.15, 0.2) is 0 Å². The molecule has 3 unspecified atom stereocenters. The summed E-state index contributed by atoms with van der Waals surface area (Å²) in [6.07, 6.45) is 2.11. The van der Waals surface area contributed by atoms with E-state index in [2.05, 4.69) is 6.07 Å². The van der Waals surface area contributed by atoms with Crippen molar-refractivity contribution >= 4 is 11.1 Å². The van der Waals surface area contributed by atoms with Gasteiger partial charge in [0, 0.05) is 5.92 Å². The summed E-state index contributed by atoms with van der Waals surface area (Å²) in [7, 11) is 0. The number of rotatable bonds is 1. The van der Waals surface area contributed by atoms with Crippen molar-refractivity contribution < 1.29 is 8.76 Å². The first-order valence-electron chi connectivity index (χ1n) is 3.23. The van der Waals surface area contributed by atoms with Crippen LogP contribution < -0.4 is 0 Å². The quantitative estimate of drug-likeness (QED) is 0.578. The summed E-state index contributed by atoms with van der Waals surface area (Å²) in [5, 5.41) is 8.29. The lowest BCUT2D eigenvalue weighted by atomic mass is 10.1. The van der Waals surface area contributed by atoms with E-state index in [1.807, 2.05) is 0 Å². The third kappa shape index (κ3) is 1.55. The molecule has 0 aromatic carbocycles. The van der Waals surface area contributed by atoms with Gasteiger partial charge in [0.1, 0.15) is 0 Å². The molecule has 0 amide bonds. The van der Waals surface area contributed by atoms with Gasteiger partial charge in [0.25, 0.3) is 0 Å². The Bertz CT molecular complexity index is 187. The lowest BCUT2D eigenvalue weighted by Crippen LogP contribution is -2.09. The van der Waals surface area contributed by atoms with Gasteiger partial charge in [0.2, 0.25) is 0 Å². The first kappa shape index (κ1) is 7.70. The lowest BCUT2D eigenvalue weighted by Gasteiger charge is -1.99. The maximum atomic E-state index is 10.5. The Balaban J connectivity index is 2.45. The van der Waals surface area contributed by atoms with Gasteiger partial charge in [-0.1, -0.05) is 0 Å². The number of nitriles is 1. The molecule has 3 atom stereocenters. The van der Waals surface area contributed by atoms with Crippen molar-refractivity contribution in [2.24, 2.45) is 5.92 Å². The van der Waals surface area contributed by atoms with Crippen LogP contribution in [0.5, 0.6) is 0 Å². The summed E-state index contributed by atoms with van der Waals surface area (Å²) in [5.74, 6) is 0.0149. The first-order valence-corrected chi connectivity index (χ1v) is 4.40. The topological polar surface area (TPSA) is 61.1 Å². The van der Waals surface area contributed by atoms with Crippen molar-refractivity contribution in [3.63, 3.8) is 0 Å². The molecular formula is C6H9NO2S. The molecule has 0 bridgehead atoms. The lowest BCUT2D eigenvalue weighted by molar-refractivity contribution is 0.546. The van der Waals surface area contributed by atoms with Crippen LogP contribution in [0.25, 0.3) is 0 Å². The van der Waals surface area contributed by atoms with Crippen LogP contribution in [-0.2, 0) is 11.1 Å². The Labute approximate surface area is 62.3 Å². The van der Waals surface area contributed by atoms with E-state index >= 15 is 0 Å². The average Bonchev–Trinajstić information content (AvgIpc) is 2.34. The Morgan fingerprint density at radius 2 is 2.30 bits per heavy atom. The molecule has 1 rings (SSSR count). The SMILES string of the molecule is N#CC1CCC(S(=O)O)C1. The van der Waals surface area contributed by atoms with Gasteiger partial charge in [-0.15, -0.1) is 0 Å². The second-order valence-corrected chi connectivity index (χ2v) is 3.76. The van der Waals surface area contributed by atoms with Crippen molar-refractivity contribution in [3.05, 3.63) is 0 Å². The van der Waals surface area contributed by atoms with E-state index in [1.54, 1.807) is 0 Å². The molecule has 0 saturated heterocycles. The van der Waals surface area contributed by atoms with Gasteiger partial charge in [-0.05, 0) is 19.3 Å². The highest BCUT2D eigenvalue weighted by Gasteiger charge is 2.27. The van der Waals surface area contributed by atoms with Gasteiger partial charge >= 0.3 is 0 Å². The molecular weight excluding hydrogens is 150 g/mol. The Morgan fingerprint density at radius 3 is 2.60 bits per heavy atom. The maximum Gasteiger partial charge on any atom is 0.156 e. The molecule has 0 aromatic heterocycles. The Morgan fingerprint density at radius 1 is 1.60 bits per heavy atom. The first-order chi connectivity index (χ1) is 4.74. The number of hydrogen-bond acceptors (Lipinski definition) is 2. The minimum Gasteiger partial charge on any atom is -0.306 e. The van der Waals surface area contributed by atoms with E-state index in [0.717, 1.165) is 12.8 Å². The molecule has 0 heterocycles. The Kier molecular flexibility index (Phi) is 2.41. The van der Waals surface area contributed by atoms with Gasteiger partial charge in [-0.25, -0.2) is 4.21 Å². The molecule has 1 saturated carbocycles. The molecule has 1 aliphatic carbocycles. The van der Waals surface area contributed by atoms with Crippen molar-refractivity contribution in [1.82, 2.24) is 0 Å². The fourth-order valence-corrected chi connectivity index (χ4v) is 1.98. The minimum atomic E-state index is -1.71. The maximum absolute atomic E-state index is 10.5. The molecule has 56 valence electrons. The van der Waals surface area contributed by atoms with E-state index in [0.29, 0.717) is 6.42 Å². The monoisotopic (exact) mass is 159 g/mol. The summed E-state index contributed by atoms with van der Waals surface area (Å²) < 4.78 is 19.1. The van der Waals surface area contributed by atoms with Crippen LogP contribution in [0.1, 0.15) is 19.3 Å². The van der Waals surface area contributed by atoms with Crippen LogP contribution in [0, 0.1) is 17.2 Å². The fraction of sp³-hybridized carbons (Fsp3) is 0.833. The molecule has 0 radical (unpaired) electrons. The summed E-state index contributed by atoms with van der Waals surface area (Å²) in [6, 6.07) is 2.10. The van der Waals surface area contributed by atoms with E-state index in [1.165, 1.54) is 0 Å². The van der Waals surface area contributed by atoms with Crippen LogP contribution in [0.3, 0.4) is 0 Å². The highest BCUT2D eigenvalue weighted by atomic mass is 32.2. The van der Waals surface area contributed by atoms with Gasteiger partial charge in [-0.2, -0.15) is 5.26 Å². The zero-order valence-corrected chi connectivity index (χ0v) is 6.30. The molecule has 0 aliphatic heterocycles. The van der Waals surface area contributed by atoms with Crippen LogP contribution in [-0.4, -0.2) is 14.0 Å². The standard InChI is InChI=1S/C6H9NO2S/c7-4-5-1-2-6(3-5)10(8)9/h5-6H,1-3H2,(H,8,9). The van der Waals surface area contributed by atoms with Crippen molar-refractivity contribution in [1.29, 1.82) is 5.26 Å². The van der Waals surface area contributed by atoms with E-state index in [4.69, 9.17) is 9.81 Å². The van der Waals surface area contributed by atoms with Crippen molar-refractivity contribution in [3.8, 4) is 6.07 Å². The minimum absolute atomic E-state index is 0.0149. The number of nitrogens with zero attached hydrogens (tertiary/aromatic N) is 1. The largest absolute Gasteiger partial charge is 0.306 e. The summed E-state index contributed by atoms with van der Waals surface area (Å²) in [5.41, 5.74) is 0. The van der Waals surface area contributed by atoms with Crippen LogP contribution in [0.4, 0.5) is 0 Å². The summed E-state index contributed by atoms with van der Waals surface area (Å²) >= 11 is -1.71. The van der Waals surface area contributed by atoms with Gasteiger partial charge in [0.15, 0.2) is 11.1 Å². The zero-order chi connectivity index (χ0) is 7.56. The average molecular weight is 159 g/mol. The smallest absolute Gasteiger partial charge is 0.156 e. The van der Waals surface area contributed by atoms with Crippen LogP contribution >= 0.6 is 0 Å². The molecule has 10 heavy (non-hydrogen) atoms. The molecule has 0 spiro atoms. The molecule has 1 N–H and O–H groups in total. The highest BCUT2D eigenvalue weighted by Crippen LogP contribution is 2.27. The number of hydrogen-bond donors (Lipinski definition) is 1. The van der Waals surface area contributed by atoms with Crippen LogP contribution in [0.2, 0.25) is 0 Å². The normalized spacial score (nSPS) is 35.2. The molecule has 1 fully saturated rings. The predicted molar refractivity (Wildman–Crippen MR) is 37.5 cm³/mol. The summed E-state index contributed by atoms with van der Waals surface area (Å²) in [4.78, 5) is 0. The van der Waals surface area contributed by atoms with Crippen molar-refractivity contribution in [2.75, 3.05) is 0 Å². The zero-order valence-electron chi connectivity index (χ0n) is 5.49. The molecule has 3 nitrogen and oxygen atoms in total. The second-order valence-electron chi connectivity index (χ2n) is 2.54. The molecule has 1 aliphatic rings. The van der Waals surface area contributed by atoms with E-state index in [-0.39, 0.29) is 11.2 Å². The predicted octanol–water partition coefficient (Wildman–Crippen LogP) is 0.900. The summed E-state index contributed by atoms with van der Waals surface area (Å²) in [6.45, 7) is 0. The van der Waals surface area contributed by atoms with Gasteiger partial charge < -0.3 is 4.55 Å². The van der Waals surface area contributed by atoms with E-state index < -0.39 is 11.1 Å². The van der Waals surface area contributed by atoms with E-state index in [9.17, 15) is 4.21 Å². The highest BCUT2D eigenvalue weighted by molar-refractivity contribution is 7.79. The molecule has 0 aromatic rings. The fourth-order valence-electron chi connectivity index (χ4n) is 1.24. The Hall–Kier alpha value is -0.400. The third-order valence-electron chi connectivity index (χ3n) is 1.85. The van der Waals surface area contributed by atoms with Gasteiger partial charge in [-0.3, -0.25) is 0 Å². The van der Waals surface area contributed by atoms with Gasteiger partial charge in [0.05, 0.1) is 11.3 Å². The third-order valence-corrected chi connectivity index (χ3v) is 2.85.